The van der Waals surface area contributed by atoms with Crippen LogP contribution in [0.2, 0.25) is 0 Å². The van der Waals surface area contributed by atoms with Crippen LogP contribution in [0.3, 0.4) is 0 Å². The number of ether oxygens (including phenoxy) is 2. The van der Waals surface area contributed by atoms with E-state index in [0.717, 1.165) is 12.8 Å². The fourth-order valence-electron chi connectivity index (χ4n) is 3.18. The maximum absolute atomic E-state index is 12.0. The summed E-state index contributed by atoms with van der Waals surface area (Å²) in [6.45, 7) is 5.81. The molecule has 4 heteroatoms. The van der Waals surface area contributed by atoms with Gasteiger partial charge in [0, 0.05) is 5.92 Å². The number of carbonyl (C=O) groups is 2. The predicted octanol–water partition coefficient (Wildman–Crippen LogP) is 1.67. The van der Waals surface area contributed by atoms with Gasteiger partial charge in [0.15, 0.2) is 5.41 Å². The third-order valence-electron chi connectivity index (χ3n) is 3.86. The predicted molar refractivity (Wildman–Crippen MR) is 56.6 cm³/mol. The Labute approximate surface area is 95.3 Å². The van der Waals surface area contributed by atoms with Crippen LogP contribution in [0.5, 0.6) is 0 Å². The van der Waals surface area contributed by atoms with E-state index in [0.29, 0.717) is 13.0 Å². The molecule has 0 bridgehead atoms. The summed E-state index contributed by atoms with van der Waals surface area (Å²) in [5.74, 6) is -0.821. The van der Waals surface area contributed by atoms with Crippen LogP contribution in [0.15, 0.2) is 0 Å². The highest BCUT2D eigenvalue weighted by Crippen LogP contribution is 2.56. The fraction of sp³-hybridized carbons (Fsp3) is 0.833. The summed E-state index contributed by atoms with van der Waals surface area (Å²) >= 11 is 0. The molecule has 4 nitrogen and oxygen atoms in total. The number of hydrogen-bond donors (Lipinski definition) is 0. The Hall–Kier alpha value is -1.06. The molecule has 1 saturated carbocycles. The monoisotopic (exact) mass is 226 g/mol. The average molecular weight is 226 g/mol. The average Bonchev–Trinajstić information content (AvgIpc) is 2.68. The molecule has 2 rings (SSSR count). The van der Waals surface area contributed by atoms with Gasteiger partial charge in [0.25, 0.3) is 0 Å². The zero-order valence-electron chi connectivity index (χ0n) is 10.0. The van der Waals surface area contributed by atoms with Crippen molar-refractivity contribution < 1.29 is 19.1 Å². The summed E-state index contributed by atoms with van der Waals surface area (Å²) in [5.41, 5.74) is -1.56. The van der Waals surface area contributed by atoms with Crippen molar-refractivity contribution in [1.82, 2.24) is 0 Å². The van der Waals surface area contributed by atoms with Crippen LogP contribution in [0.4, 0.5) is 0 Å². The zero-order chi connectivity index (χ0) is 12.0. The molecule has 0 radical (unpaired) electrons. The van der Waals surface area contributed by atoms with Gasteiger partial charge >= 0.3 is 11.9 Å². The number of fused-ring (bicyclic) bond motifs is 1. The number of hydrogen-bond acceptors (Lipinski definition) is 4. The highest BCUT2D eigenvalue weighted by molar-refractivity contribution is 6.02. The van der Waals surface area contributed by atoms with Crippen molar-refractivity contribution in [3.8, 4) is 0 Å². The van der Waals surface area contributed by atoms with Gasteiger partial charge in [-0.3, -0.25) is 9.59 Å². The molecule has 16 heavy (non-hydrogen) atoms. The molecule has 1 saturated heterocycles. The van der Waals surface area contributed by atoms with Gasteiger partial charge in [-0.2, -0.15) is 0 Å². The van der Waals surface area contributed by atoms with E-state index in [9.17, 15) is 9.59 Å². The topological polar surface area (TPSA) is 52.6 Å². The lowest BCUT2D eigenvalue weighted by Gasteiger charge is -2.27. The zero-order valence-corrected chi connectivity index (χ0v) is 10.0. The molecule has 0 N–H and O–H groups in total. The maximum Gasteiger partial charge on any atom is 0.324 e. The Morgan fingerprint density at radius 1 is 1.56 bits per heavy atom. The van der Waals surface area contributed by atoms with Crippen LogP contribution in [0, 0.1) is 11.3 Å². The fourth-order valence-corrected chi connectivity index (χ4v) is 3.18. The molecule has 1 heterocycles. The van der Waals surface area contributed by atoms with E-state index in [4.69, 9.17) is 9.47 Å². The Bertz CT molecular complexity index is 334. The summed E-state index contributed by atoms with van der Waals surface area (Å²) < 4.78 is 10.4. The van der Waals surface area contributed by atoms with Crippen molar-refractivity contribution in [2.75, 3.05) is 6.61 Å². The maximum atomic E-state index is 12.0. The van der Waals surface area contributed by atoms with Crippen LogP contribution in [0.25, 0.3) is 0 Å². The molecule has 1 aliphatic carbocycles. The minimum atomic E-state index is -1.01. The number of esters is 2. The first-order valence-corrected chi connectivity index (χ1v) is 5.86. The normalized spacial score (nSPS) is 35.7. The van der Waals surface area contributed by atoms with Crippen LogP contribution in [-0.2, 0) is 19.1 Å². The number of cyclic esters (lactones) is 1. The minimum absolute atomic E-state index is 0.0356. The lowest BCUT2D eigenvalue weighted by atomic mass is 9.73. The second-order valence-electron chi connectivity index (χ2n) is 5.13. The van der Waals surface area contributed by atoms with E-state index >= 15 is 0 Å². The van der Waals surface area contributed by atoms with Crippen LogP contribution >= 0.6 is 0 Å². The third-order valence-corrected chi connectivity index (χ3v) is 3.86. The van der Waals surface area contributed by atoms with Crippen molar-refractivity contribution in [2.45, 2.75) is 45.6 Å². The van der Waals surface area contributed by atoms with Gasteiger partial charge in [-0.15, -0.1) is 0 Å². The van der Waals surface area contributed by atoms with E-state index in [1.54, 1.807) is 6.92 Å². The molecule has 0 aromatic carbocycles. The Balaban J connectivity index is 2.37. The molecular formula is C12H18O4. The van der Waals surface area contributed by atoms with Crippen molar-refractivity contribution in [3.05, 3.63) is 0 Å². The van der Waals surface area contributed by atoms with Gasteiger partial charge in [0.2, 0.25) is 0 Å². The first-order chi connectivity index (χ1) is 7.45. The van der Waals surface area contributed by atoms with Crippen molar-refractivity contribution in [3.63, 3.8) is 0 Å². The second kappa shape index (κ2) is 3.47. The number of rotatable bonds is 2. The molecule has 2 aliphatic rings. The third kappa shape index (κ3) is 1.28. The van der Waals surface area contributed by atoms with E-state index in [1.807, 2.05) is 13.8 Å². The van der Waals surface area contributed by atoms with Gasteiger partial charge in [-0.1, -0.05) is 6.42 Å². The molecule has 2 atom stereocenters. The van der Waals surface area contributed by atoms with Crippen molar-refractivity contribution in [2.24, 2.45) is 11.3 Å². The highest BCUT2D eigenvalue weighted by atomic mass is 16.6. The summed E-state index contributed by atoms with van der Waals surface area (Å²) in [6.07, 6.45) is 2.32. The lowest BCUT2D eigenvalue weighted by molar-refractivity contribution is -0.166. The molecule has 0 unspecified atom stereocenters. The molecular weight excluding hydrogens is 208 g/mol. The lowest BCUT2D eigenvalue weighted by Crippen LogP contribution is -2.41. The van der Waals surface area contributed by atoms with Gasteiger partial charge in [-0.25, -0.2) is 0 Å². The van der Waals surface area contributed by atoms with Gasteiger partial charge in [-0.05, 0) is 33.6 Å². The highest BCUT2D eigenvalue weighted by Gasteiger charge is 2.67. The summed E-state index contributed by atoms with van der Waals surface area (Å²) in [5, 5.41) is 0. The summed E-state index contributed by atoms with van der Waals surface area (Å²) in [4.78, 5) is 24.0. The summed E-state index contributed by atoms with van der Waals surface area (Å²) in [6, 6.07) is 0. The molecule has 0 amide bonds. The standard InChI is InChI=1S/C12H18O4/c1-4-15-9(13)12-7-5-6-8(12)11(2,3)16-10(12)14/h8H,4-7H2,1-3H3/t8-,12-/m1/s1. The first-order valence-electron chi connectivity index (χ1n) is 5.86. The molecule has 0 aromatic rings. The Kier molecular flexibility index (Phi) is 2.48. The van der Waals surface area contributed by atoms with Crippen molar-refractivity contribution >= 4 is 11.9 Å². The smallest absolute Gasteiger partial charge is 0.324 e. The number of carbonyl (C=O) groups excluding carboxylic acids is 2. The Morgan fingerprint density at radius 3 is 2.88 bits per heavy atom. The molecule has 0 aromatic heterocycles. The molecule has 0 spiro atoms. The van der Waals surface area contributed by atoms with Gasteiger partial charge in [0.05, 0.1) is 6.61 Å². The Morgan fingerprint density at radius 2 is 2.25 bits per heavy atom. The van der Waals surface area contributed by atoms with E-state index in [2.05, 4.69) is 0 Å². The first kappa shape index (κ1) is 11.4. The van der Waals surface area contributed by atoms with Crippen LogP contribution < -0.4 is 0 Å². The largest absolute Gasteiger partial charge is 0.465 e. The summed E-state index contributed by atoms with van der Waals surface area (Å²) in [7, 11) is 0. The molecule has 90 valence electrons. The molecule has 1 aliphatic heterocycles. The van der Waals surface area contributed by atoms with E-state index in [1.165, 1.54) is 0 Å². The SMILES string of the molecule is CCOC(=O)[C@@]12CCC[C@@H]1C(C)(C)OC2=O. The molecule has 2 fully saturated rings. The quantitative estimate of drug-likeness (QED) is 0.531. The second-order valence-corrected chi connectivity index (χ2v) is 5.13. The van der Waals surface area contributed by atoms with Gasteiger partial charge < -0.3 is 9.47 Å². The van der Waals surface area contributed by atoms with Crippen LogP contribution in [0.1, 0.15) is 40.0 Å². The van der Waals surface area contributed by atoms with E-state index in [-0.39, 0.29) is 5.92 Å². The minimum Gasteiger partial charge on any atom is -0.465 e. The van der Waals surface area contributed by atoms with Crippen LogP contribution in [-0.4, -0.2) is 24.1 Å². The van der Waals surface area contributed by atoms with E-state index < -0.39 is 23.0 Å². The van der Waals surface area contributed by atoms with Crippen molar-refractivity contribution in [1.29, 1.82) is 0 Å². The van der Waals surface area contributed by atoms with Gasteiger partial charge in [0.1, 0.15) is 5.60 Å².